The molecule has 0 aliphatic carbocycles. The number of likely N-dealkylation sites (N-methyl/N-ethyl adjacent to an activating group) is 2. The quantitative estimate of drug-likeness (QED) is 0.424. The molecule has 34 heavy (non-hydrogen) atoms. The van der Waals surface area contributed by atoms with Crippen LogP contribution in [-0.4, -0.2) is 68.2 Å². The van der Waals surface area contributed by atoms with Crippen LogP contribution in [0.25, 0.3) is 0 Å². The molecule has 2 atom stereocenters. The van der Waals surface area contributed by atoms with E-state index in [0.29, 0.717) is 24.1 Å². The molecule has 0 radical (unpaired) electrons. The highest BCUT2D eigenvalue weighted by Crippen LogP contribution is 2.29. The van der Waals surface area contributed by atoms with E-state index in [9.17, 15) is 4.79 Å². The fraction of sp³-hybridized carbons (Fsp3) is 0.519. The number of ether oxygens (including phenoxy) is 2. The number of benzene rings is 2. The maximum absolute atomic E-state index is 12.2. The Morgan fingerprint density at radius 1 is 0.971 bits per heavy atom. The first-order valence-electron chi connectivity index (χ1n) is 12.0. The minimum absolute atomic E-state index is 0. The summed E-state index contributed by atoms with van der Waals surface area (Å²) in [4.78, 5) is 16.2. The Morgan fingerprint density at radius 2 is 1.65 bits per heavy atom. The average molecular weight is 492 g/mol. The summed E-state index contributed by atoms with van der Waals surface area (Å²) in [6.45, 7) is 12.4. The van der Waals surface area contributed by atoms with Gasteiger partial charge in [-0.05, 0) is 56.6 Å². The molecule has 1 N–H and O–H groups in total. The van der Waals surface area contributed by atoms with Crippen LogP contribution >= 0.6 is 12.4 Å². The van der Waals surface area contributed by atoms with Crippen molar-refractivity contribution in [2.45, 2.75) is 52.8 Å². The molecule has 1 amide bonds. The minimum Gasteiger partial charge on any atom is -0.490 e. The lowest BCUT2D eigenvalue weighted by Crippen LogP contribution is -2.43. The Kier molecular flexibility index (Phi) is 13.6. The molecule has 2 aromatic carbocycles. The number of rotatable bonds is 14. The minimum atomic E-state index is -0.573. The molecular weight excluding hydrogens is 450 g/mol. The second-order valence-corrected chi connectivity index (χ2v) is 8.40. The fourth-order valence-corrected chi connectivity index (χ4v) is 3.97. The predicted octanol–water partition coefficient (Wildman–Crippen LogP) is 4.41. The first-order valence-corrected chi connectivity index (χ1v) is 12.0. The van der Waals surface area contributed by atoms with Gasteiger partial charge in [0.05, 0.1) is 6.61 Å². The number of amides is 1. The van der Waals surface area contributed by atoms with Crippen LogP contribution in [0.2, 0.25) is 0 Å². The number of nitrogens with zero attached hydrogens (tertiary/aromatic N) is 2. The van der Waals surface area contributed by atoms with Crippen molar-refractivity contribution in [3.8, 4) is 11.5 Å². The third-order valence-corrected chi connectivity index (χ3v) is 5.75. The van der Waals surface area contributed by atoms with Crippen LogP contribution in [0.3, 0.4) is 0 Å². The fourth-order valence-electron chi connectivity index (χ4n) is 3.97. The van der Waals surface area contributed by atoms with E-state index >= 15 is 0 Å². The third kappa shape index (κ3) is 9.16. The highest BCUT2D eigenvalue weighted by molar-refractivity contribution is 5.85. The van der Waals surface area contributed by atoms with Crippen LogP contribution in [-0.2, 0) is 17.8 Å². The summed E-state index contributed by atoms with van der Waals surface area (Å²) in [5, 5.41) is 3.64. The van der Waals surface area contributed by atoms with Gasteiger partial charge in [0.25, 0.3) is 5.91 Å². The molecule has 2 aromatic rings. The second kappa shape index (κ2) is 15.6. The Hall–Kier alpha value is -2.28. The van der Waals surface area contributed by atoms with Crippen molar-refractivity contribution in [2.24, 2.45) is 0 Å². The Bertz CT molecular complexity index is 844. The Labute approximate surface area is 212 Å². The van der Waals surface area contributed by atoms with E-state index in [1.807, 2.05) is 25.1 Å². The highest BCUT2D eigenvalue weighted by atomic mass is 35.5. The van der Waals surface area contributed by atoms with Gasteiger partial charge < -0.3 is 19.7 Å². The van der Waals surface area contributed by atoms with Crippen molar-refractivity contribution in [1.82, 2.24) is 15.1 Å². The van der Waals surface area contributed by atoms with Crippen molar-refractivity contribution in [1.29, 1.82) is 0 Å². The summed E-state index contributed by atoms with van der Waals surface area (Å²) in [6.07, 6.45) is 0.445. The van der Waals surface area contributed by atoms with Crippen LogP contribution in [0.1, 0.15) is 38.8 Å². The normalized spacial score (nSPS) is 12.6. The molecule has 0 aromatic heterocycles. The van der Waals surface area contributed by atoms with Crippen LogP contribution in [0.15, 0.2) is 48.5 Å². The lowest BCUT2D eigenvalue weighted by molar-refractivity contribution is -0.135. The van der Waals surface area contributed by atoms with Gasteiger partial charge >= 0.3 is 0 Å². The van der Waals surface area contributed by atoms with Crippen molar-refractivity contribution in [3.63, 3.8) is 0 Å². The smallest absolute Gasteiger partial charge is 0.262 e. The van der Waals surface area contributed by atoms with Gasteiger partial charge in [0.15, 0.2) is 17.6 Å². The first kappa shape index (κ1) is 29.8. The number of carbonyl (C=O) groups is 1. The SMILES string of the molecule is CCOc1cc(CNCC(Cc2ccccc2)N(CC)CC)ccc1OC(C)C(=O)N(C)C.Cl. The molecule has 2 unspecified atom stereocenters. The van der Waals surface area contributed by atoms with E-state index < -0.39 is 6.10 Å². The summed E-state index contributed by atoms with van der Waals surface area (Å²) in [5.74, 6) is 1.18. The van der Waals surface area contributed by atoms with Crippen LogP contribution < -0.4 is 14.8 Å². The maximum atomic E-state index is 12.2. The molecule has 0 heterocycles. The van der Waals surface area contributed by atoms with Crippen molar-refractivity contribution < 1.29 is 14.3 Å². The summed E-state index contributed by atoms with van der Waals surface area (Å²) in [6, 6.07) is 17.0. The second-order valence-electron chi connectivity index (χ2n) is 8.40. The predicted molar refractivity (Wildman–Crippen MR) is 142 cm³/mol. The summed E-state index contributed by atoms with van der Waals surface area (Å²) < 4.78 is 11.7. The molecule has 0 aliphatic heterocycles. The monoisotopic (exact) mass is 491 g/mol. The van der Waals surface area contributed by atoms with Crippen LogP contribution in [0.5, 0.6) is 11.5 Å². The number of nitrogens with one attached hydrogen (secondary N) is 1. The zero-order chi connectivity index (χ0) is 24.2. The molecule has 0 aliphatic rings. The van der Waals surface area contributed by atoms with Crippen LogP contribution in [0.4, 0.5) is 0 Å². The molecule has 0 spiro atoms. The lowest BCUT2D eigenvalue weighted by Gasteiger charge is -2.30. The van der Waals surface area contributed by atoms with Gasteiger partial charge in [-0.3, -0.25) is 9.69 Å². The largest absolute Gasteiger partial charge is 0.490 e. The van der Waals surface area contributed by atoms with Gasteiger partial charge in [0.1, 0.15) is 0 Å². The Balaban J connectivity index is 0.00000578. The average Bonchev–Trinajstić information content (AvgIpc) is 2.81. The van der Waals surface area contributed by atoms with Gasteiger partial charge in [-0.15, -0.1) is 12.4 Å². The number of halogens is 1. The van der Waals surface area contributed by atoms with Crippen LogP contribution in [0, 0.1) is 0 Å². The Morgan fingerprint density at radius 3 is 2.24 bits per heavy atom. The molecule has 7 heteroatoms. The number of carbonyl (C=O) groups excluding carboxylic acids is 1. The van der Waals surface area contributed by atoms with E-state index in [1.54, 1.807) is 21.0 Å². The van der Waals surface area contributed by atoms with Crippen molar-refractivity contribution in [3.05, 3.63) is 59.7 Å². The van der Waals surface area contributed by atoms with Gasteiger partial charge in [-0.1, -0.05) is 50.2 Å². The summed E-state index contributed by atoms with van der Waals surface area (Å²) >= 11 is 0. The van der Waals surface area contributed by atoms with Gasteiger partial charge in [0, 0.05) is 33.2 Å². The molecule has 6 nitrogen and oxygen atoms in total. The van der Waals surface area contributed by atoms with E-state index in [0.717, 1.165) is 38.2 Å². The zero-order valence-electron chi connectivity index (χ0n) is 21.5. The standard InChI is InChI=1S/C27H41N3O3.ClH/c1-7-30(8-2)24(17-22-13-11-10-12-14-22)20-28-19-23-15-16-25(26(18-23)32-9-3)33-21(4)27(31)29(5)6;/h10-16,18,21,24,28H,7-9,17,19-20H2,1-6H3;1H. The number of hydrogen-bond acceptors (Lipinski definition) is 5. The molecule has 0 bridgehead atoms. The highest BCUT2D eigenvalue weighted by Gasteiger charge is 2.19. The molecule has 0 fully saturated rings. The van der Waals surface area contributed by atoms with E-state index in [1.165, 1.54) is 10.5 Å². The van der Waals surface area contributed by atoms with Gasteiger partial charge in [-0.25, -0.2) is 0 Å². The van der Waals surface area contributed by atoms with E-state index in [2.05, 4.69) is 54.4 Å². The van der Waals surface area contributed by atoms with Gasteiger partial charge in [-0.2, -0.15) is 0 Å². The summed E-state index contributed by atoms with van der Waals surface area (Å²) in [5.41, 5.74) is 2.48. The maximum Gasteiger partial charge on any atom is 0.262 e. The third-order valence-electron chi connectivity index (χ3n) is 5.75. The lowest BCUT2D eigenvalue weighted by atomic mass is 10.0. The zero-order valence-corrected chi connectivity index (χ0v) is 22.4. The van der Waals surface area contributed by atoms with E-state index in [-0.39, 0.29) is 18.3 Å². The molecular formula is C27H42ClN3O3. The molecule has 0 saturated heterocycles. The summed E-state index contributed by atoms with van der Waals surface area (Å²) in [7, 11) is 3.45. The first-order chi connectivity index (χ1) is 15.9. The molecule has 2 rings (SSSR count). The number of hydrogen-bond donors (Lipinski definition) is 1. The van der Waals surface area contributed by atoms with E-state index in [4.69, 9.17) is 9.47 Å². The van der Waals surface area contributed by atoms with Crippen molar-refractivity contribution >= 4 is 18.3 Å². The van der Waals surface area contributed by atoms with Crippen molar-refractivity contribution in [2.75, 3.05) is 40.3 Å². The topological polar surface area (TPSA) is 54.0 Å². The van der Waals surface area contributed by atoms with Gasteiger partial charge in [0.2, 0.25) is 0 Å². The molecule has 0 saturated carbocycles. The molecule has 190 valence electrons.